The molecule has 0 atom stereocenters. The Hall–Kier alpha value is -1.36. The quantitative estimate of drug-likeness (QED) is 0.803. The lowest BCUT2D eigenvalue weighted by Gasteiger charge is -2.31. The lowest BCUT2D eigenvalue weighted by molar-refractivity contribution is -0.127. The number of hydrogen-bond donors (Lipinski definition) is 0. The van der Waals surface area contributed by atoms with Gasteiger partial charge in [0.05, 0.1) is 4.47 Å². The van der Waals surface area contributed by atoms with Gasteiger partial charge in [0.2, 0.25) is 11.8 Å². The Labute approximate surface area is 121 Å². The Morgan fingerprint density at radius 3 is 2.89 bits per heavy atom. The molecule has 1 aromatic rings. The van der Waals surface area contributed by atoms with E-state index in [0.29, 0.717) is 5.88 Å². The molecule has 0 saturated carbocycles. The Kier molecular flexibility index (Phi) is 4.96. The van der Waals surface area contributed by atoms with Crippen LogP contribution in [0.3, 0.4) is 0 Å². The number of aromatic nitrogens is 1. The van der Waals surface area contributed by atoms with Crippen LogP contribution in [0, 0.1) is 0 Å². The number of carbonyl (C=O) groups is 1. The van der Waals surface area contributed by atoms with Crippen LogP contribution in [0.5, 0.6) is 5.88 Å². The van der Waals surface area contributed by atoms with Gasteiger partial charge in [0, 0.05) is 32.1 Å². The Balaban J connectivity index is 1.87. The molecule has 2 heterocycles. The fraction of sp³-hybridized carbons (Fsp3) is 0.429. The molecule has 0 N–H and O–H groups in total. The van der Waals surface area contributed by atoms with E-state index in [4.69, 9.17) is 4.74 Å². The van der Waals surface area contributed by atoms with Gasteiger partial charge in [-0.1, -0.05) is 6.08 Å². The molecule has 0 unspecified atom stereocenters. The second-order valence-corrected chi connectivity index (χ2v) is 5.29. The lowest BCUT2D eigenvalue weighted by Crippen LogP contribution is -2.41. The molecule has 1 aromatic heterocycles. The molecule has 0 aromatic carbocycles. The standard InChI is InChI=1S/C14H17BrN2O2/c1-2-4-13(18)17-9-6-11(7-10-17)19-14-12(15)5-3-8-16-14/h2-5,8,11H,6-7,9-10H2,1H3. The molecule has 1 aliphatic heterocycles. The highest BCUT2D eigenvalue weighted by Gasteiger charge is 2.23. The van der Waals surface area contributed by atoms with Gasteiger partial charge < -0.3 is 9.64 Å². The number of ether oxygens (including phenoxy) is 1. The van der Waals surface area contributed by atoms with Crippen molar-refractivity contribution in [2.75, 3.05) is 13.1 Å². The fourth-order valence-corrected chi connectivity index (χ4v) is 2.41. The zero-order valence-electron chi connectivity index (χ0n) is 10.9. The van der Waals surface area contributed by atoms with Gasteiger partial charge >= 0.3 is 0 Å². The van der Waals surface area contributed by atoms with Crippen LogP contribution in [0.4, 0.5) is 0 Å². The predicted octanol–water partition coefficient (Wildman–Crippen LogP) is 2.79. The molecule has 0 aliphatic carbocycles. The Bertz CT molecular complexity index is 468. The van der Waals surface area contributed by atoms with Crippen molar-refractivity contribution in [3.63, 3.8) is 0 Å². The molecule has 2 rings (SSSR count). The van der Waals surface area contributed by atoms with E-state index >= 15 is 0 Å². The van der Waals surface area contributed by atoms with E-state index in [1.54, 1.807) is 18.3 Å². The van der Waals surface area contributed by atoms with Crippen molar-refractivity contribution in [3.8, 4) is 5.88 Å². The molecule has 0 spiro atoms. The summed E-state index contributed by atoms with van der Waals surface area (Å²) < 4.78 is 6.72. The second-order valence-electron chi connectivity index (χ2n) is 4.43. The smallest absolute Gasteiger partial charge is 0.246 e. The third-order valence-corrected chi connectivity index (χ3v) is 3.67. The molecule has 1 amide bonds. The van der Waals surface area contributed by atoms with Crippen molar-refractivity contribution < 1.29 is 9.53 Å². The number of allylic oxidation sites excluding steroid dienone is 1. The van der Waals surface area contributed by atoms with E-state index in [1.165, 1.54) is 0 Å². The van der Waals surface area contributed by atoms with Gasteiger partial charge in [-0.3, -0.25) is 4.79 Å². The third kappa shape index (κ3) is 3.80. The monoisotopic (exact) mass is 324 g/mol. The number of likely N-dealkylation sites (tertiary alicyclic amines) is 1. The van der Waals surface area contributed by atoms with Crippen LogP contribution in [-0.4, -0.2) is 35.0 Å². The first-order chi connectivity index (χ1) is 9.20. The van der Waals surface area contributed by atoms with Crippen LogP contribution >= 0.6 is 15.9 Å². The second kappa shape index (κ2) is 6.70. The normalized spacial score (nSPS) is 16.8. The number of rotatable bonds is 3. The molecule has 1 aliphatic rings. The van der Waals surface area contributed by atoms with E-state index in [1.807, 2.05) is 24.0 Å². The van der Waals surface area contributed by atoms with Crippen LogP contribution in [-0.2, 0) is 4.79 Å². The topological polar surface area (TPSA) is 42.4 Å². The highest BCUT2D eigenvalue weighted by atomic mass is 79.9. The van der Waals surface area contributed by atoms with Gasteiger partial charge in [0.25, 0.3) is 0 Å². The zero-order chi connectivity index (χ0) is 13.7. The van der Waals surface area contributed by atoms with E-state index in [0.717, 1.165) is 30.4 Å². The summed E-state index contributed by atoms with van der Waals surface area (Å²) in [5, 5.41) is 0. The number of amides is 1. The molecular weight excluding hydrogens is 308 g/mol. The highest BCUT2D eigenvalue weighted by Crippen LogP contribution is 2.24. The fourth-order valence-electron chi connectivity index (χ4n) is 2.06. The first kappa shape index (κ1) is 14.1. The average Bonchev–Trinajstić information content (AvgIpc) is 2.42. The summed E-state index contributed by atoms with van der Waals surface area (Å²) in [6.07, 6.45) is 6.90. The van der Waals surface area contributed by atoms with Crippen LogP contribution < -0.4 is 4.74 Å². The maximum absolute atomic E-state index is 11.7. The molecule has 0 radical (unpaired) electrons. The Morgan fingerprint density at radius 2 is 2.26 bits per heavy atom. The van der Waals surface area contributed by atoms with Crippen molar-refractivity contribution in [1.82, 2.24) is 9.88 Å². The summed E-state index contributed by atoms with van der Waals surface area (Å²) in [5.41, 5.74) is 0. The summed E-state index contributed by atoms with van der Waals surface area (Å²) in [6, 6.07) is 3.77. The van der Waals surface area contributed by atoms with Gasteiger partial charge in [-0.25, -0.2) is 4.98 Å². The van der Waals surface area contributed by atoms with Crippen LogP contribution in [0.15, 0.2) is 35.0 Å². The minimum Gasteiger partial charge on any atom is -0.473 e. The van der Waals surface area contributed by atoms with Gasteiger partial charge in [0.15, 0.2) is 0 Å². The van der Waals surface area contributed by atoms with Crippen molar-refractivity contribution in [1.29, 1.82) is 0 Å². The summed E-state index contributed by atoms with van der Waals surface area (Å²) >= 11 is 3.42. The maximum Gasteiger partial charge on any atom is 0.246 e. The van der Waals surface area contributed by atoms with Crippen LogP contribution in [0.2, 0.25) is 0 Å². The molecule has 4 nitrogen and oxygen atoms in total. The molecular formula is C14H17BrN2O2. The lowest BCUT2D eigenvalue weighted by atomic mass is 10.1. The molecule has 1 fully saturated rings. The van der Waals surface area contributed by atoms with Gasteiger partial charge in [-0.05, 0) is 41.1 Å². The van der Waals surface area contributed by atoms with Crippen molar-refractivity contribution >= 4 is 21.8 Å². The predicted molar refractivity (Wildman–Crippen MR) is 77.0 cm³/mol. The highest BCUT2D eigenvalue weighted by molar-refractivity contribution is 9.10. The largest absolute Gasteiger partial charge is 0.473 e. The van der Waals surface area contributed by atoms with Gasteiger partial charge in [-0.2, -0.15) is 0 Å². The summed E-state index contributed by atoms with van der Waals surface area (Å²) in [5.74, 6) is 0.709. The molecule has 102 valence electrons. The zero-order valence-corrected chi connectivity index (χ0v) is 12.5. The van der Waals surface area contributed by atoms with E-state index < -0.39 is 0 Å². The first-order valence-electron chi connectivity index (χ1n) is 6.39. The number of nitrogens with zero attached hydrogens (tertiary/aromatic N) is 2. The van der Waals surface area contributed by atoms with Crippen molar-refractivity contribution in [2.45, 2.75) is 25.9 Å². The minimum absolute atomic E-state index is 0.0833. The third-order valence-electron chi connectivity index (χ3n) is 3.07. The average molecular weight is 325 g/mol. The van der Waals surface area contributed by atoms with Crippen molar-refractivity contribution in [3.05, 3.63) is 35.0 Å². The first-order valence-corrected chi connectivity index (χ1v) is 7.18. The number of carbonyl (C=O) groups excluding carboxylic acids is 1. The number of hydrogen-bond acceptors (Lipinski definition) is 3. The summed E-state index contributed by atoms with van der Waals surface area (Å²) in [7, 11) is 0. The van der Waals surface area contributed by atoms with E-state index in [9.17, 15) is 4.79 Å². The summed E-state index contributed by atoms with van der Waals surface area (Å²) in [6.45, 7) is 3.32. The maximum atomic E-state index is 11.7. The molecule has 5 heteroatoms. The Morgan fingerprint density at radius 1 is 1.53 bits per heavy atom. The minimum atomic E-state index is 0.0833. The molecule has 1 saturated heterocycles. The summed E-state index contributed by atoms with van der Waals surface area (Å²) in [4.78, 5) is 17.7. The van der Waals surface area contributed by atoms with Crippen molar-refractivity contribution in [2.24, 2.45) is 0 Å². The molecule has 19 heavy (non-hydrogen) atoms. The van der Waals surface area contributed by atoms with Gasteiger partial charge in [-0.15, -0.1) is 0 Å². The van der Waals surface area contributed by atoms with E-state index in [-0.39, 0.29) is 12.0 Å². The van der Waals surface area contributed by atoms with Crippen LogP contribution in [0.1, 0.15) is 19.8 Å². The number of halogens is 1. The van der Waals surface area contributed by atoms with E-state index in [2.05, 4.69) is 20.9 Å². The number of pyridine rings is 1. The van der Waals surface area contributed by atoms with Crippen LogP contribution in [0.25, 0.3) is 0 Å². The SMILES string of the molecule is CC=CC(=O)N1CCC(Oc2ncccc2Br)CC1. The molecule has 0 bridgehead atoms. The number of piperidine rings is 1. The van der Waals surface area contributed by atoms with Gasteiger partial charge in [0.1, 0.15) is 6.10 Å².